The monoisotopic (exact) mass is 320 g/mol. The molecule has 2 aromatic rings. The zero-order valence-electron chi connectivity index (χ0n) is 12.2. The molecule has 0 aliphatic heterocycles. The van der Waals surface area contributed by atoms with Gasteiger partial charge in [0.2, 0.25) is 5.91 Å². The lowest BCUT2D eigenvalue weighted by atomic mass is 10.0. The van der Waals surface area contributed by atoms with Crippen LogP contribution in [0, 0.1) is 5.82 Å². The van der Waals surface area contributed by atoms with Crippen LogP contribution in [0.25, 0.3) is 0 Å². The Hall–Kier alpha value is -2.74. The summed E-state index contributed by atoms with van der Waals surface area (Å²) in [5, 5.41) is 11.6. The molecule has 1 heterocycles. The van der Waals surface area contributed by atoms with Crippen LogP contribution in [-0.4, -0.2) is 39.0 Å². The van der Waals surface area contributed by atoms with Gasteiger partial charge >= 0.3 is 5.97 Å². The van der Waals surface area contributed by atoms with Gasteiger partial charge in [0.05, 0.1) is 12.4 Å². The van der Waals surface area contributed by atoms with Gasteiger partial charge < -0.3 is 21.1 Å². The molecule has 0 spiro atoms. The fourth-order valence-electron chi connectivity index (χ4n) is 2.06. The molecule has 0 aliphatic rings. The number of halogens is 1. The maximum atomic E-state index is 12.9. The number of hydrogen-bond donors (Lipinski definition) is 4. The van der Waals surface area contributed by atoms with Gasteiger partial charge in [0.1, 0.15) is 11.9 Å². The minimum Gasteiger partial charge on any atom is -0.480 e. The number of benzene rings is 1. The van der Waals surface area contributed by atoms with Gasteiger partial charge in [-0.3, -0.25) is 4.79 Å². The van der Waals surface area contributed by atoms with E-state index in [1.807, 2.05) is 0 Å². The number of aliphatic carboxylic acids is 1. The number of carboxylic acid groups (broad SMARTS) is 1. The predicted molar refractivity (Wildman–Crippen MR) is 79.9 cm³/mol. The molecule has 0 radical (unpaired) electrons. The van der Waals surface area contributed by atoms with E-state index in [9.17, 15) is 19.1 Å². The maximum Gasteiger partial charge on any atom is 0.326 e. The van der Waals surface area contributed by atoms with Crippen molar-refractivity contribution >= 4 is 11.9 Å². The molecule has 8 heteroatoms. The van der Waals surface area contributed by atoms with E-state index in [-0.39, 0.29) is 12.8 Å². The van der Waals surface area contributed by atoms with Crippen LogP contribution in [0.5, 0.6) is 0 Å². The Morgan fingerprint density at radius 1 is 1.30 bits per heavy atom. The number of aromatic nitrogens is 2. The van der Waals surface area contributed by atoms with Crippen LogP contribution in [0.2, 0.25) is 0 Å². The second-order valence-electron chi connectivity index (χ2n) is 5.12. The van der Waals surface area contributed by atoms with Crippen molar-refractivity contribution < 1.29 is 19.1 Å². The minimum absolute atomic E-state index is 0.0398. The third-order valence-electron chi connectivity index (χ3n) is 3.30. The average Bonchev–Trinajstić information content (AvgIpc) is 3.01. The zero-order chi connectivity index (χ0) is 16.8. The van der Waals surface area contributed by atoms with Crippen molar-refractivity contribution in [2.45, 2.75) is 24.9 Å². The van der Waals surface area contributed by atoms with Crippen LogP contribution in [0.3, 0.4) is 0 Å². The van der Waals surface area contributed by atoms with Crippen LogP contribution in [0.4, 0.5) is 4.39 Å². The molecule has 0 aliphatic carbocycles. The summed E-state index contributed by atoms with van der Waals surface area (Å²) < 4.78 is 12.9. The fraction of sp³-hybridized carbons (Fsp3) is 0.267. The van der Waals surface area contributed by atoms with Gasteiger partial charge in [-0.1, -0.05) is 12.1 Å². The number of hydrogen-bond acceptors (Lipinski definition) is 4. The molecule has 122 valence electrons. The number of rotatable bonds is 7. The molecular weight excluding hydrogens is 303 g/mol. The Kier molecular flexibility index (Phi) is 5.42. The van der Waals surface area contributed by atoms with Crippen LogP contribution < -0.4 is 11.1 Å². The number of carboxylic acids is 1. The number of aromatic amines is 1. The van der Waals surface area contributed by atoms with E-state index in [4.69, 9.17) is 5.73 Å². The summed E-state index contributed by atoms with van der Waals surface area (Å²) >= 11 is 0. The average molecular weight is 320 g/mol. The predicted octanol–water partition coefficient (Wildman–Crippen LogP) is 0.231. The molecule has 2 atom stereocenters. The summed E-state index contributed by atoms with van der Waals surface area (Å²) in [6.45, 7) is 0. The van der Waals surface area contributed by atoms with E-state index in [2.05, 4.69) is 15.3 Å². The van der Waals surface area contributed by atoms with Gasteiger partial charge in [0.15, 0.2) is 0 Å². The lowest BCUT2D eigenvalue weighted by molar-refractivity contribution is -0.141. The molecule has 0 saturated carbocycles. The summed E-state index contributed by atoms with van der Waals surface area (Å²) in [6.07, 6.45) is 3.27. The first-order chi connectivity index (χ1) is 11.0. The summed E-state index contributed by atoms with van der Waals surface area (Å²) in [5.41, 5.74) is 7.04. The topological polar surface area (TPSA) is 121 Å². The third-order valence-corrected chi connectivity index (χ3v) is 3.30. The van der Waals surface area contributed by atoms with Gasteiger partial charge in [-0.15, -0.1) is 0 Å². The Bertz CT molecular complexity index is 658. The highest BCUT2D eigenvalue weighted by Gasteiger charge is 2.24. The number of carbonyl (C=O) groups excluding carboxylic acids is 1. The van der Waals surface area contributed by atoms with Crippen molar-refractivity contribution in [3.8, 4) is 0 Å². The Balaban J connectivity index is 1.96. The van der Waals surface area contributed by atoms with Gasteiger partial charge in [0.25, 0.3) is 0 Å². The first-order valence-corrected chi connectivity index (χ1v) is 6.96. The van der Waals surface area contributed by atoms with Gasteiger partial charge in [-0.2, -0.15) is 0 Å². The van der Waals surface area contributed by atoms with Crippen LogP contribution >= 0.6 is 0 Å². The van der Waals surface area contributed by atoms with Crippen molar-refractivity contribution in [2.24, 2.45) is 5.73 Å². The molecule has 7 nitrogen and oxygen atoms in total. The number of H-pyrrole nitrogens is 1. The number of amides is 1. The highest BCUT2D eigenvalue weighted by atomic mass is 19.1. The maximum absolute atomic E-state index is 12.9. The molecule has 0 saturated heterocycles. The molecular formula is C15H17FN4O3. The second kappa shape index (κ2) is 7.50. The molecule has 0 bridgehead atoms. The highest BCUT2D eigenvalue weighted by Crippen LogP contribution is 2.07. The standard InChI is InChI=1S/C15H17FN4O3/c16-10-3-1-9(2-4-10)5-13(15(22)23)20-14(21)12(17)6-11-7-18-8-19-11/h1-4,7-8,12-13H,5-6,17H2,(H,18,19)(H,20,21)(H,22,23). The van der Waals surface area contributed by atoms with E-state index >= 15 is 0 Å². The summed E-state index contributed by atoms with van der Waals surface area (Å²) in [4.78, 5) is 30.0. The molecule has 1 aromatic carbocycles. The van der Waals surface area contributed by atoms with Crippen molar-refractivity contribution in [2.75, 3.05) is 0 Å². The van der Waals surface area contributed by atoms with Crippen LogP contribution in [0.15, 0.2) is 36.8 Å². The zero-order valence-corrected chi connectivity index (χ0v) is 12.2. The largest absolute Gasteiger partial charge is 0.480 e. The van der Waals surface area contributed by atoms with Gasteiger partial charge in [-0.05, 0) is 17.7 Å². The number of carbonyl (C=O) groups is 2. The van der Waals surface area contributed by atoms with E-state index < -0.39 is 29.8 Å². The Morgan fingerprint density at radius 3 is 2.57 bits per heavy atom. The number of nitrogens with two attached hydrogens (primary N) is 1. The fourth-order valence-corrected chi connectivity index (χ4v) is 2.06. The van der Waals surface area contributed by atoms with Crippen molar-refractivity contribution in [3.05, 3.63) is 53.9 Å². The summed E-state index contributed by atoms with van der Waals surface area (Å²) in [6, 6.07) is 3.38. The molecule has 1 aromatic heterocycles. The van der Waals surface area contributed by atoms with E-state index in [1.165, 1.54) is 30.6 Å². The molecule has 1 amide bonds. The number of nitrogens with one attached hydrogen (secondary N) is 2. The van der Waals surface area contributed by atoms with Crippen molar-refractivity contribution in [1.82, 2.24) is 15.3 Å². The smallest absolute Gasteiger partial charge is 0.326 e. The molecule has 2 unspecified atom stereocenters. The third kappa shape index (κ3) is 4.89. The molecule has 23 heavy (non-hydrogen) atoms. The number of imidazole rings is 1. The highest BCUT2D eigenvalue weighted by molar-refractivity contribution is 5.87. The van der Waals surface area contributed by atoms with Crippen LogP contribution in [-0.2, 0) is 22.4 Å². The quantitative estimate of drug-likeness (QED) is 0.582. The van der Waals surface area contributed by atoms with Gasteiger partial charge in [-0.25, -0.2) is 14.2 Å². The SMILES string of the molecule is NC(Cc1cnc[nH]1)C(=O)NC(Cc1ccc(F)cc1)C(=O)O. The Labute approximate surface area is 131 Å². The van der Waals surface area contributed by atoms with E-state index in [1.54, 1.807) is 6.20 Å². The molecule has 0 fully saturated rings. The number of nitrogens with zero attached hydrogens (tertiary/aromatic N) is 1. The van der Waals surface area contributed by atoms with Gasteiger partial charge in [0, 0.05) is 24.7 Å². The van der Waals surface area contributed by atoms with Crippen molar-refractivity contribution in [1.29, 1.82) is 0 Å². The Morgan fingerprint density at radius 2 is 2.00 bits per heavy atom. The first-order valence-electron chi connectivity index (χ1n) is 6.96. The van der Waals surface area contributed by atoms with Crippen LogP contribution in [0.1, 0.15) is 11.3 Å². The molecule has 5 N–H and O–H groups in total. The normalized spacial score (nSPS) is 13.3. The summed E-state index contributed by atoms with van der Waals surface area (Å²) in [5.74, 6) is -2.17. The first kappa shape index (κ1) is 16.6. The lowest BCUT2D eigenvalue weighted by Crippen LogP contribution is -2.50. The molecule has 2 rings (SSSR count). The minimum atomic E-state index is -1.18. The lowest BCUT2D eigenvalue weighted by Gasteiger charge is -2.17. The summed E-state index contributed by atoms with van der Waals surface area (Å²) in [7, 11) is 0. The van der Waals surface area contributed by atoms with E-state index in [0.717, 1.165) is 0 Å². The second-order valence-corrected chi connectivity index (χ2v) is 5.12. The van der Waals surface area contributed by atoms with E-state index in [0.29, 0.717) is 11.3 Å². The van der Waals surface area contributed by atoms with Crippen molar-refractivity contribution in [3.63, 3.8) is 0 Å².